The summed E-state index contributed by atoms with van der Waals surface area (Å²) in [5.74, 6) is 0.0697. The minimum absolute atomic E-state index is 0.178. The lowest BCUT2D eigenvalue weighted by Crippen LogP contribution is -2.30. The molecule has 1 aliphatic heterocycles. The molecule has 4 rings (SSSR count). The van der Waals surface area contributed by atoms with Gasteiger partial charge in [-0.2, -0.15) is 0 Å². The maximum absolute atomic E-state index is 12.7. The number of hydrogen-bond donors (Lipinski definition) is 1. The zero-order chi connectivity index (χ0) is 21.3. The first-order valence-corrected chi connectivity index (χ1v) is 11.0. The van der Waals surface area contributed by atoms with Gasteiger partial charge in [-0.1, -0.05) is 53.2 Å². The highest BCUT2D eigenvalue weighted by Crippen LogP contribution is 2.37. The van der Waals surface area contributed by atoms with Gasteiger partial charge in [0.25, 0.3) is 5.91 Å². The molecular weight excluding hydrogens is 488 g/mol. The number of furan rings is 1. The number of nitrogens with one attached hydrogen (secondary N) is 1. The summed E-state index contributed by atoms with van der Waals surface area (Å²) in [7, 11) is 0. The van der Waals surface area contributed by atoms with E-state index in [-0.39, 0.29) is 18.1 Å². The molecule has 2 aromatic carbocycles. The molecule has 0 spiro atoms. The number of rotatable bonds is 5. The first-order valence-electron chi connectivity index (χ1n) is 9.02. The van der Waals surface area contributed by atoms with Crippen LogP contribution in [-0.4, -0.2) is 16.8 Å². The lowest BCUT2D eigenvalue weighted by molar-refractivity contribution is -0.123. The summed E-state index contributed by atoms with van der Waals surface area (Å²) in [5.41, 5.74) is 2.14. The Bertz CT molecular complexity index is 1160. The maximum Gasteiger partial charge on any atom is 0.329 e. The minimum Gasteiger partial charge on any atom is -0.449 e. The molecule has 1 fully saturated rings. The number of imide groups is 1. The van der Waals surface area contributed by atoms with E-state index < -0.39 is 6.03 Å². The summed E-state index contributed by atoms with van der Waals surface area (Å²) in [6.07, 6.45) is 1.53. The standard InChI is InChI=1S/C22H16BrClN2O3S/c1-13-3-2-4-14(9-13)12-26-20(27)19(25-22(26)28)11-16-10-18(23)21(29-16)30-17-7-5-15(24)6-8-17/h2-11H,12H2,1H3,(H,25,28)/b19-11+. The minimum atomic E-state index is -0.450. The van der Waals surface area contributed by atoms with Gasteiger partial charge in [0.05, 0.1) is 11.0 Å². The molecule has 3 aromatic rings. The number of halogens is 2. The number of benzene rings is 2. The largest absolute Gasteiger partial charge is 0.449 e. The van der Waals surface area contributed by atoms with E-state index >= 15 is 0 Å². The zero-order valence-electron chi connectivity index (χ0n) is 15.8. The quantitative estimate of drug-likeness (QED) is 0.330. The second kappa shape index (κ2) is 8.71. The third-order valence-electron chi connectivity index (χ3n) is 4.37. The number of hydrogen-bond acceptors (Lipinski definition) is 4. The van der Waals surface area contributed by atoms with Crippen molar-refractivity contribution >= 4 is 57.3 Å². The molecular formula is C22H16BrClN2O3S. The van der Waals surface area contributed by atoms with E-state index in [2.05, 4.69) is 21.2 Å². The summed E-state index contributed by atoms with van der Waals surface area (Å²) in [6.45, 7) is 2.18. The Balaban J connectivity index is 1.51. The first-order chi connectivity index (χ1) is 14.4. The lowest BCUT2D eigenvalue weighted by Gasteiger charge is -2.12. The van der Waals surface area contributed by atoms with Gasteiger partial charge < -0.3 is 9.73 Å². The van der Waals surface area contributed by atoms with Crippen LogP contribution in [0.5, 0.6) is 0 Å². The van der Waals surface area contributed by atoms with Crippen molar-refractivity contribution in [3.8, 4) is 0 Å². The van der Waals surface area contributed by atoms with Crippen molar-refractivity contribution in [3.05, 3.63) is 86.7 Å². The van der Waals surface area contributed by atoms with Crippen LogP contribution in [0.15, 0.2) is 79.2 Å². The van der Waals surface area contributed by atoms with Crippen LogP contribution < -0.4 is 5.32 Å². The van der Waals surface area contributed by atoms with Crippen molar-refractivity contribution in [2.24, 2.45) is 0 Å². The third kappa shape index (κ3) is 4.64. The number of amides is 3. The fourth-order valence-electron chi connectivity index (χ4n) is 2.97. The molecule has 1 aromatic heterocycles. The van der Waals surface area contributed by atoms with Gasteiger partial charge in [-0.3, -0.25) is 9.69 Å². The first kappa shape index (κ1) is 20.8. The normalized spacial score (nSPS) is 15.2. The molecule has 2 heterocycles. The molecule has 1 aliphatic rings. The molecule has 0 radical (unpaired) electrons. The highest BCUT2D eigenvalue weighted by molar-refractivity contribution is 9.10. The smallest absolute Gasteiger partial charge is 0.329 e. The Morgan fingerprint density at radius 2 is 1.93 bits per heavy atom. The van der Waals surface area contributed by atoms with Crippen LogP contribution in [-0.2, 0) is 11.3 Å². The number of carbonyl (C=O) groups is 2. The Kier molecular flexibility index (Phi) is 6.04. The van der Waals surface area contributed by atoms with Crippen LogP contribution in [0.3, 0.4) is 0 Å². The zero-order valence-corrected chi connectivity index (χ0v) is 19.0. The molecule has 0 aliphatic carbocycles. The summed E-state index contributed by atoms with van der Waals surface area (Å²) >= 11 is 10.8. The Morgan fingerprint density at radius 1 is 1.17 bits per heavy atom. The summed E-state index contributed by atoms with van der Waals surface area (Å²) in [5, 5.41) is 3.92. The van der Waals surface area contributed by atoms with Crippen molar-refractivity contribution in [1.82, 2.24) is 10.2 Å². The second-order valence-electron chi connectivity index (χ2n) is 6.71. The summed E-state index contributed by atoms with van der Waals surface area (Å²) in [4.78, 5) is 27.2. The van der Waals surface area contributed by atoms with Gasteiger partial charge in [0, 0.05) is 16.0 Å². The van der Waals surface area contributed by atoms with Gasteiger partial charge in [0.15, 0.2) is 5.09 Å². The summed E-state index contributed by atoms with van der Waals surface area (Å²) in [6, 6.07) is 16.4. The van der Waals surface area contributed by atoms with E-state index in [1.54, 1.807) is 18.2 Å². The molecule has 3 amide bonds. The molecule has 0 unspecified atom stereocenters. The van der Waals surface area contributed by atoms with Crippen molar-refractivity contribution < 1.29 is 14.0 Å². The maximum atomic E-state index is 12.7. The molecule has 0 saturated carbocycles. The SMILES string of the molecule is Cc1cccc(CN2C(=O)N/C(=C/c3cc(Br)c(Sc4ccc(Cl)cc4)o3)C2=O)c1. The monoisotopic (exact) mass is 502 g/mol. The highest BCUT2D eigenvalue weighted by Gasteiger charge is 2.33. The van der Waals surface area contributed by atoms with E-state index in [1.165, 1.54) is 22.7 Å². The number of aryl methyl sites for hydroxylation is 1. The second-order valence-corrected chi connectivity index (χ2v) is 9.05. The van der Waals surface area contributed by atoms with Gasteiger partial charge in [0.2, 0.25) is 0 Å². The van der Waals surface area contributed by atoms with Crippen LogP contribution in [0.4, 0.5) is 4.79 Å². The molecule has 0 atom stereocenters. The molecule has 8 heteroatoms. The molecule has 1 N–H and O–H groups in total. The summed E-state index contributed by atoms with van der Waals surface area (Å²) < 4.78 is 6.60. The van der Waals surface area contributed by atoms with Crippen LogP contribution in [0, 0.1) is 6.92 Å². The Hall–Kier alpha value is -2.48. The Morgan fingerprint density at radius 3 is 2.67 bits per heavy atom. The fourth-order valence-corrected chi connectivity index (χ4v) is 4.43. The van der Waals surface area contributed by atoms with Crippen LogP contribution in [0.2, 0.25) is 5.02 Å². The van der Waals surface area contributed by atoms with Crippen LogP contribution in [0.1, 0.15) is 16.9 Å². The van der Waals surface area contributed by atoms with Crippen molar-refractivity contribution in [2.45, 2.75) is 23.5 Å². The highest BCUT2D eigenvalue weighted by atomic mass is 79.9. The van der Waals surface area contributed by atoms with Gasteiger partial charge in [-0.15, -0.1) is 0 Å². The van der Waals surface area contributed by atoms with Crippen molar-refractivity contribution in [1.29, 1.82) is 0 Å². The van der Waals surface area contributed by atoms with E-state index in [4.69, 9.17) is 16.0 Å². The Labute approximate surface area is 191 Å². The fraction of sp³-hybridized carbons (Fsp3) is 0.0909. The van der Waals surface area contributed by atoms with Crippen molar-refractivity contribution in [3.63, 3.8) is 0 Å². The number of carbonyl (C=O) groups excluding carboxylic acids is 2. The molecule has 5 nitrogen and oxygen atoms in total. The lowest BCUT2D eigenvalue weighted by atomic mass is 10.1. The molecule has 30 heavy (non-hydrogen) atoms. The van der Waals surface area contributed by atoms with Gasteiger partial charge in [-0.25, -0.2) is 4.79 Å². The van der Waals surface area contributed by atoms with Gasteiger partial charge in [-0.05, 0) is 58.7 Å². The number of urea groups is 1. The van der Waals surface area contributed by atoms with Gasteiger partial charge in [0.1, 0.15) is 11.5 Å². The predicted octanol–water partition coefficient (Wildman–Crippen LogP) is 6.25. The average molecular weight is 504 g/mol. The number of nitrogens with zero attached hydrogens (tertiary/aromatic N) is 1. The van der Waals surface area contributed by atoms with E-state index in [1.807, 2.05) is 43.3 Å². The molecule has 1 saturated heterocycles. The van der Waals surface area contributed by atoms with E-state index in [9.17, 15) is 9.59 Å². The van der Waals surface area contributed by atoms with Crippen molar-refractivity contribution in [2.75, 3.05) is 0 Å². The van der Waals surface area contributed by atoms with Gasteiger partial charge >= 0.3 is 6.03 Å². The third-order valence-corrected chi connectivity index (χ3v) is 6.47. The topological polar surface area (TPSA) is 62.6 Å². The average Bonchev–Trinajstić information content (AvgIpc) is 3.17. The molecule has 0 bridgehead atoms. The van der Waals surface area contributed by atoms with E-state index in [0.29, 0.717) is 15.9 Å². The van der Waals surface area contributed by atoms with Crippen LogP contribution >= 0.6 is 39.3 Å². The molecule has 152 valence electrons. The van der Waals surface area contributed by atoms with Crippen LogP contribution in [0.25, 0.3) is 6.08 Å². The predicted molar refractivity (Wildman–Crippen MR) is 120 cm³/mol. The van der Waals surface area contributed by atoms with E-state index in [0.717, 1.165) is 20.5 Å².